The number of hydrogen-bond acceptors (Lipinski definition) is 5. The number of aromatic nitrogens is 3. The van der Waals surface area contributed by atoms with Crippen LogP contribution in [0.3, 0.4) is 0 Å². The fourth-order valence-corrected chi connectivity index (χ4v) is 1.08. The van der Waals surface area contributed by atoms with E-state index in [-0.39, 0.29) is 11.6 Å². The maximum atomic E-state index is 10.8. The van der Waals surface area contributed by atoms with Crippen LogP contribution in [-0.4, -0.2) is 15.2 Å². The largest absolute Gasteiger partial charge is 0.419 e. The van der Waals surface area contributed by atoms with Gasteiger partial charge in [-0.2, -0.15) is 0 Å². The number of nitrogens with zero attached hydrogens (tertiary/aromatic N) is 2. The van der Waals surface area contributed by atoms with Gasteiger partial charge >= 0.3 is 0 Å². The molecule has 78 valence electrons. The molecule has 2 aromatic heterocycles. The van der Waals surface area contributed by atoms with E-state index in [1.165, 1.54) is 12.3 Å². The predicted octanol–water partition coefficient (Wildman–Crippen LogP) is 0.445. The van der Waals surface area contributed by atoms with Gasteiger partial charge < -0.3 is 15.1 Å². The minimum atomic E-state index is -0.297. The van der Waals surface area contributed by atoms with Crippen molar-refractivity contribution in [2.24, 2.45) is 5.73 Å². The molecule has 6 nitrogen and oxygen atoms in total. The summed E-state index contributed by atoms with van der Waals surface area (Å²) in [5.41, 5.74) is 6.06. The van der Waals surface area contributed by atoms with Gasteiger partial charge in [-0.05, 0) is 13.0 Å². The normalized spacial score (nSPS) is 12.7. The van der Waals surface area contributed by atoms with Gasteiger partial charge in [0, 0.05) is 12.3 Å². The molecular weight excluding hydrogens is 196 g/mol. The lowest BCUT2D eigenvalue weighted by atomic mass is 10.3. The van der Waals surface area contributed by atoms with Crippen molar-refractivity contribution in [2.45, 2.75) is 13.0 Å². The van der Waals surface area contributed by atoms with Crippen LogP contribution < -0.4 is 11.3 Å². The molecule has 0 spiro atoms. The van der Waals surface area contributed by atoms with E-state index < -0.39 is 0 Å². The topological polar surface area (TPSA) is 97.8 Å². The van der Waals surface area contributed by atoms with Gasteiger partial charge in [0.25, 0.3) is 0 Å². The van der Waals surface area contributed by atoms with Crippen LogP contribution in [0.2, 0.25) is 0 Å². The van der Waals surface area contributed by atoms with Crippen molar-refractivity contribution in [1.29, 1.82) is 0 Å². The molecule has 0 saturated carbocycles. The van der Waals surface area contributed by atoms with Gasteiger partial charge in [-0.15, -0.1) is 10.2 Å². The smallest absolute Gasteiger partial charge is 0.249 e. The van der Waals surface area contributed by atoms with E-state index >= 15 is 0 Å². The monoisotopic (exact) mass is 206 g/mol. The molecule has 2 rings (SSSR count). The Kier molecular flexibility index (Phi) is 2.34. The van der Waals surface area contributed by atoms with E-state index in [0.29, 0.717) is 17.3 Å². The first-order valence-corrected chi connectivity index (χ1v) is 4.45. The highest BCUT2D eigenvalue weighted by Crippen LogP contribution is 2.17. The zero-order valence-electron chi connectivity index (χ0n) is 8.10. The van der Waals surface area contributed by atoms with Gasteiger partial charge in [0.15, 0.2) is 0 Å². The quantitative estimate of drug-likeness (QED) is 0.743. The van der Waals surface area contributed by atoms with E-state index in [1.807, 2.05) is 0 Å². The number of nitrogens with two attached hydrogens (primary N) is 1. The van der Waals surface area contributed by atoms with Gasteiger partial charge in [0.2, 0.25) is 17.3 Å². The number of aromatic amines is 1. The number of nitrogens with one attached hydrogen (secondary N) is 1. The van der Waals surface area contributed by atoms with Crippen LogP contribution in [0.15, 0.2) is 27.5 Å². The van der Waals surface area contributed by atoms with E-state index in [4.69, 9.17) is 10.2 Å². The first-order valence-electron chi connectivity index (χ1n) is 4.45. The Labute approximate surface area is 85.1 Å². The molecule has 0 saturated heterocycles. The molecule has 2 heterocycles. The van der Waals surface area contributed by atoms with Crippen LogP contribution in [0.5, 0.6) is 0 Å². The minimum Gasteiger partial charge on any atom is -0.419 e. The summed E-state index contributed by atoms with van der Waals surface area (Å²) in [6, 6.07) is 2.71. The summed E-state index contributed by atoms with van der Waals surface area (Å²) in [4.78, 5) is 13.3. The lowest BCUT2D eigenvalue weighted by Gasteiger charge is -1.95. The molecule has 0 aliphatic heterocycles. The van der Waals surface area contributed by atoms with Crippen molar-refractivity contribution in [3.63, 3.8) is 0 Å². The van der Waals surface area contributed by atoms with Crippen LogP contribution >= 0.6 is 0 Å². The highest BCUT2D eigenvalue weighted by Gasteiger charge is 2.11. The van der Waals surface area contributed by atoms with Crippen LogP contribution in [0.4, 0.5) is 0 Å². The highest BCUT2D eigenvalue weighted by atomic mass is 16.4. The lowest BCUT2D eigenvalue weighted by Crippen LogP contribution is -2.04. The molecule has 2 aromatic rings. The molecule has 15 heavy (non-hydrogen) atoms. The summed E-state index contributed by atoms with van der Waals surface area (Å²) in [6.07, 6.45) is 1.51. The predicted molar refractivity (Wildman–Crippen MR) is 53.0 cm³/mol. The summed E-state index contributed by atoms with van der Waals surface area (Å²) in [6.45, 7) is 1.75. The molecule has 0 fully saturated rings. The first-order chi connectivity index (χ1) is 7.16. The molecule has 0 aromatic carbocycles. The van der Waals surface area contributed by atoms with E-state index in [0.717, 1.165) is 0 Å². The van der Waals surface area contributed by atoms with Crippen molar-refractivity contribution < 1.29 is 4.42 Å². The van der Waals surface area contributed by atoms with Crippen molar-refractivity contribution in [1.82, 2.24) is 15.2 Å². The highest BCUT2D eigenvalue weighted by molar-refractivity contribution is 5.49. The third-order valence-corrected chi connectivity index (χ3v) is 1.86. The molecule has 0 bridgehead atoms. The molecule has 1 unspecified atom stereocenters. The van der Waals surface area contributed by atoms with Gasteiger partial charge in [-0.1, -0.05) is 0 Å². The molecule has 6 heteroatoms. The Morgan fingerprint density at radius 3 is 2.80 bits per heavy atom. The molecule has 1 atom stereocenters. The zero-order chi connectivity index (χ0) is 10.8. The summed E-state index contributed by atoms with van der Waals surface area (Å²) in [7, 11) is 0. The molecule has 0 amide bonds. The Morgan fingerprint density at radius 1 is 1.47 bits per heavy atom. The SMILES string of the molecule is CC(N)c1nnc(-c2ccc(=O)[nH]c2)o1. The third-order valence-electron chi connectivity index (χ3n) is 1.86. The van der Waals surface area contributed by atoms with E-state index in [1.54, 1.807) is 13.0 Å². The molecule has 0 radical (unpaired) electrons. The second kappa shape index (κ2) is 3.66. The van der Waals surface area contributed by atoms with E-state index in [9.17, 15) is 4.79 Å². The summed E-state index contributed by atoms with van der Waals surface area (Å²) >= 11 is 0. The molecule has 3 N–H and O–H groups in total. The Hall–Kier alpha value is -1.95. The lowest BCUT2D eigenvalue weighted by molar-refractivity contribution is 0.473. The van der Waals surface area contributed by atoms with Crippen LogP contribution in [0.25, 0.3) is 11.5 Å². The van der Waals surface area contributed by atoms with E-state index in [2.05, 4.69) is 15.2 Å². The standard InChI is InChI=1S/C9H10N4O2/c1-5(10)8-12-13-9(15-8)6-2-3-7(14)11-4-6/h2-5H,10H2,1H3,(H,11,14). The Bertz CT molecular complexity index is 494. The second-order valence-corrected chi connectivity index (χ2v) is 3.18. The molecule has 0 aliphatic carbocycles. The minimum absolute atomic E-state index is 0.175. The number of rotatable bonds is 2. The average molecular weight is 206 g/mol. The summed E-state index contributed by atoms with van der Waals surface area (Å²) in [5.74, 6) is 0.717. The van der Waals surface area contributed by atoms with Crippen molar-refractivity contribution in [3.05, 3.63) is 34.6 Å². The average Bonchev–Trinajstić information content (AvgIpc) is 2.68. The third kappa shape index (κ3) is 1.94. The number of hydrogen-bond donors (Lipinski definition) is 2. The van der Waals surface area contributed by atoms with Crippen LogP contribution in [0.1, 0.15) is 18.9 Å². The van der Waals surface area contributed by atoms with Crippen LogP contribution in [-0.2, 0) is 0 Å². The first kappa shape index (κ1) is 9.60. The van der Waals surface area contributed by atoms with Gasteiger partial charge in [0.05, 0.1) is 11.6 Å². The number of H-pyrrole nitrogens is 1. The van der Waals surface area contributed by atoms with Gasteiger partial charge in [-0.25, -0.2) is 0 Å². The zero-order valence-corrected chi connectivity index (χ0v) is 8.10. The fourth-order valence-electron chi connectivity index (χ4n) is 1.08. The van der Waals surface area contributed by atoms with Crippen molar-refractivity contribution >= 4 is 0 Å². The van der Waals surface area contributed by atoms with Gasteiger partial charge in [-0.3, -0.25) is 4.79 Å². The van der Waals surface area contributed by atoms with Gasteiger partial charge in [0.1, 0.15) is 0 Å². The Morgan fingerprint density at radius 2 is 2.27 bits per heavy atom. The maximum absolute atomic E-state index is 10.8. The van der Waals surface area contributed by atoms with Crippen LogP contribution in [0, 0.1) is 0 Å². The molecule has 0 aliphatic rings. The Balaban J connectivity index is 2.37. The number of pyridine rings is 1. The van der Waals surface area contributed by atoms with Crippen molar-refractivity contribution in [3.8, 4) is 11.5 Å². The molecular formula is C9H10N4O2. The summed E-state index contributed by atoms with van der Waals surface area (Å²) in [5, 5.41) is 7.60. The summed E-state index contributed by atoms with van der Waals surface area (Å²) < 4.78 is 5.30. The fraction of sp³-hybridized carbons (Fsp3) is 0.222. The second-order valence-electron chi connectivity index (χ2n) is 3.18. The van der Waals surface area contributed by atoms with Crippen molar-refractivity contribution in [2.75, 3.05) is 0 Å². The maximum Gasteiger partial charge on any atom is 0.249 e.